The fourth-order valence-corrected chi connectivity index (χ4v) is 2.45. The van der Waals surface area contributed by atoms with Crippen LogP contribution in [0.4, 0.5) is 5.69 Å². The first-order chi connectivity index (χ1) is 6.88. The molecule has 1 aromatic carbocycles. The number of nitrogen functional groups attached to an aromatic ring is 1. The van der Waals surface area contributed by atoms with Gasteiger partial charge in [0.2, 0.25) is 0 Å². The summed E-state index contributed by atoms with van der Waals surface area (Å²) < 4.78 is 27.7. The van der Waals surface area contributed by atoms with Gasteiger partial charge >= 0.3 is 0 Å². The molecule has 0 spiro atoms. The van der Waals surface area contributed by atoms with Gasteiger partial charge in [-0.05, 0) is 31.5 Å². The van der Waals surface area contributed by atoms with Crippen molar-refractivity contribution in [3.8, 4) is 0 Å². The Balaban J connectivity index is 3.29. The van der Waals surface area contributed by atoms with E-state index < -0.39 is 10.1 Å². The summed E-state index contributed by atoms with van der Waals surface area (Å²) in [6, 6.07) is 2.72. The van der Waals surface area contributed by atoms with Gasteiger partial charge in [0.25, 0.3) is 10.1 Å². The molecule has 0 radical (unpaired) electrons. The quantitative estimate of drug-likeness (QED) is 0.657. The van der Waals surface area contributed by atoms with E-state index in [4.69, 9.17) is 17.3 Å². The molecule has 2 N–H and O–H groups in total. The predicted molar refractivity (Wildman–Crippen MR) is 59.4 cm³/mol. The van der Waals surface area contributed by atoms with E-state index in [9.17, 15) is 8.42 Å². The molecule has 0 amide bonds. The number of halogens is 1. The molecule has 0 heterocycles. The molecule has 0 aliphatic carbocycles. The van der Waals surface area contributed by atoms with Gasteiger partial charge in [-0.25, -0.2) is 0 Å². The highest BCUT2D eigenvalue weighted by atomic mass is 35.5. The third-order valence-electron chi connectivity index (χ3n) is 1.87. The van der Waals surface area contributed by atoms with E-state index in [2.05, 4.69) is 4.18 Å². The highest BCUT2D eigenvalue weighted by Crippen LogP contribution is 2.27. The first-order valence-electron chi connectivity index (χ1n) is 4.33. The molecule has 0 atom stereocenters. The fourth-order valence-electron chi connectivity index (χ4n) is 1.09. The third kappa shape index (κ3) is 2.62. The summed E-state index contributed by atoms with van der Waals surface area (Å²) in [5.74, 6) is 0. The molecular formula is C9H12ClNO3S. The van der Waals surface area contributed by atoms with Crippen LogP contribution in [0.25, 0.3) is 0 Å². The van der Waals surface area contributed by atoms with Gasteiger partial charge in [-0.15, -0.1) is 0 Å². The second-order valence-corrected chi connectivity index (χ2v) is 5.02. The number of benzene rings is 1. The zero-order chi connectivity index (χ0) is 11.6. The van der Waals surface area contributed by atoms with Crippen molar-refractivity contribution in [3.63, 3.8) is 0 Å². The van der Waals surface area contributed by atoms with E-state index in [0.717, 1.165) is 0 Å². The van der Waals surface area contributed by atoms with Crippen LogP contribution in [0, 0.1) is 6.92 Å². The van der Waals surface area contributed by atoms with E-state index in [0.29, 0.717) is 11.3 Å². The minimum absolute atomic E-state index is 0.0288. The van der Waals surface area contributed by atoms with E-state index in [1.165, 1.54) is 12.1 Å². The molecule has 1 aromatic rings. The lowest BCUT2D eigenvalue weighted by Crippen LogP contribution is -2.07. The molecule has 1 rings (SSSR count). The number of rotatable bonds is 3. The summed E-state index contributed by atoms with van der Waals surface area (Å²) in [7, 11) is -3.71. The van der Waals surface area contributed by atoms with Gasteiger partial charge in [-0.2, -0.15) is 8.42 Å². The summed E-state index contributed by atoms with van der Waals surface area (Å²) in [6.07, 6.45) is 0. The molecule has 0 saturated heterocycles. The van der Waals surface area contributed by atoms with Crippen LogP contribution in [0.1, 0.15) is 12.5 Å². The average Bonchev–Trinajstić information content (AvgIpc) is 2.13. The molecule has 0 aliphatic rings. The van der Waals surface area contributed by atoms with Crippen LogP contribution < -0.4 is 5.73 Å². The normalized spacial score (nSPS) is 11.7. The fraction of sp³-hybridized carbons (Fsp3) is 0.333. The monoisotopic (exact) mass is 249 g/mol. The Morgan fingerprint density at radius 3 is 2.53 bits per heavy atom. The van der Waals surface area contributed by atoms with Gasteiger partial charge in [0, 0.05) is 0 Å². The van der Waals surface area contributed by atoms with Crippen LogP contribution in [-0.2, 0) is 14.3 Å². The number of anilines is 1. The van der Waals surface area contributed by atoms with Gasteiger partial charge in [0.15, 0.2) is 0 Å². The summed E-state index contributed by atoms with van der Waals surface area (Å²) in [5, 5.41) is 0.216. The van der Waals surface area contributed by atoms with Crippen molar-refractivity contribution >= 4 is 27.4 Å². The Morgan fingerprint density at radius 2 is 2.07 bits per heavy atom. The molecule has 0 saturated carbocycles. The molecule has 0 aromatic heterocycles. The Labute approximate surface area is 94.1 Å². The Bertz CT molecular complexity index is 447. The van der Waals surface area contributed by atoms with Crippen LogP contribution in [0.5, 0.6) is 0 Å². The van der Waals surface area contributed by atoms with Crippen molar-refractivity contribution < 1.29 is 12.6 Å². The second kappa shape index (κ2) is 4.38. The first kappa shape index (κ1) is 12.3. The maximum Gasteiger partial charge on any atom is 0.297 e. The van der Waals surface area contributed by atoms with Crippen LogP contribution in [0.15, 0.2) is 17.0 Å². The Hall–Kier alpha value is -0.780. The van der Waals surface area contributed by atoms with Crippen molar-refractivity contribution in [2.45, 2.75) is 18.7 Å². The third-order valence-corrected chi connectivity index (χ3v) is 3.54. The second-order valence-electron chi connectivity index (χ2n) is 3.00. The SMILES string of the molecule is CCOS(=O)(=O)c1cc(C)c(N)c(Cl)c1. The van der Waals surface area contributed by atoms with E-state index in [-0.39, 0.29) is 16.5 Å². The number of aryl methyl sites for hydroxylation is 1. The van der Waals surface area contributed by atoms with Gasteiger partial charge in [-0.1, -0.05) is 11.6 Å². The molecule has 0 aliphatic heterocycles. The summed E-state index contributed by atoms with van der Waals surface area (Å²) in [6.45, 7) is 3.37. The lowest BCUT2D eigenvalue weighted by molar-refractivity contribution is 0.338. The number of hydrogen-bond donors (Lipinski definition) is 1. The van der Waals surface area contributed by atoms with Crippen molar-refractivity contribution in [1.29, 1.82) is 0 Å². The van der Waals surface area contributed by atoms with E-state index >= 15 is 0 Å². The van der Waals surface area contributed by atoms with E-state index in [1.807, 2.05) is 0 Å². The van der Waals surface area contributed by atoms with Crippen molar-refractivity contribution in [2.24, 2.45) is 0 Å². The predicted octanol–water partition coefficient (Wildman–Crippen LogP) is 1.96. The minimum atomic E-state index is -3.71. The highest BCUT2D eigenvalue weighted by molar-refractivity contribution is 7.86. The molecule has 84 valence electrons. The standard InChI is InChI=1S/C9H12ClNO3S/c1-3-14-15(12,13)7-4-6(2)9(11)8(10)5-7/h4-5H,3,11H2,1-2H3. The van der Waals surface area contributed by atoms with Crippen molar-refractivity contribution in [3.05, 3.63) is 22.7 Å². The lowest BCUT2D eigenvalue weighted by atomic mass is 10.2. The topological polar surface area (TPSA) is 69.4 Å². The van der Waals surface area contributed by atoms with Crippen LogP contribution in [0.2, 0.25) is 5.02 Å². The van der Waals surface area contributed by atoms with Gasteiger partial charge in [0.1, 0.15) is 0 Å². The smallest absolute Gasteiger partial charge is 0.297 e. The molecule has 0 unspecified atom stereocenters. The van der Waals surface area contributed by atoms with Crippen LogP contribution in [-0.4, -0.2) is 15.0 Å². The highest BCUT2D eigenvalue weighted by Gasteiger charge is 2.16. The molecule has 6 heteroatoms. The maximum atomic E-state index is 11.5. The summed E-state index contributed by atoms with van der Waals surface area (Å²) >= 11 is 5.78. The largest absolute Gasteiger partial charge is 0.397 e. The van der Waals surface area contributed by atoms with Crippen LogP contribution >= 0.6 is 11.6 Å². The molecule has 4 nitrogen and oxygen atoms in total. The van der Waals surface area contributed by atoms with Crippen LogP contribution in [0.3, 0.4) is 0 Å². The Morgan fingerprint density at radius 1 is 1.47 bits per heavy atom. The van der Waals surface area contributed by atoms with Gasteiger partial charge < -0.3 is 5.73 Å². The average molecular weight is 250 g/mol. The minimum Gasteiger partial charge on any atom is -0.397 e. The van der Waals surface area contributed by atoms with E-state index in [1.54, 1.807) is 13.8 Å². The number of hydrogen-bond acceptors (Lipinski definition) is 4. The molecule has 15 heavy (non-hydrogen) atoms. The molecule has 0 fully saturated rings. The van der Waals surface area contributed by atoms with Gasteiger partial charge in [-0.3, -0.25) is 4.18 Å². The summed E-state index contributed by atoms with van der Waals surface area (Å²) in [4.78, 5) is 0.0288. The Kier molecular flexibility index (Phi) is 3.59. The molecule has 0 bridgehead atoms. The lowest BCUT2D eigenvalue weighted by Gasteiger charge is -2.07. The van der Waals surface area contributed by atoms with Crippen molar-refractivity contribution in [1.82, 2.24) is 0 Å². The first-order valence-corrected chi connectivity index (χ1v) is 6.12. The van der Waals surface area contributed by atoms with Gasteiger partial charge in [0.05, 0.1) is 22.2 Å². The zero-order valence-corrected chi connectivity index (χ0v) is 10.0. The number of nitrogens with two attached hydrogens (primary N) is 1. The van der Waals surface area contributed by atoms with Crippen molar-refractivity contribution in [2.75, 3.05) is 12.3 Å². The maximum absolute atomic E-state index is 11.5. The molecular weight excluding hydrogens is 238 g/mol. The summed E-state index contributed by atoms with van der Waals surface area (Å²) in [5.41, 5.74) is 6.59. The zero-order valence-electron chi connectivity index (χ0n) is 8.45.